The van der Waals surface area contributed by atoms with Crippen molar-refractivity contribution in [1.29, 1.82) is 0 Å². The van der Waals surface area contributed by atoms with Crippen LogP contribution in [0.2, 0.25) is 0 Å². The standard InChI is InChI=1S/C11H19N5O8S/c12-3-4-23-6-9(17)13-14-10(18)8-2-1-7-5-15(8)11(19)16(7)24-25(20,21)22/h7-8H,1-6,12H2,(H,13,17)(H,14,18)(H,20,21,22)/t7-,8?/m1/s1. The van der Waals surface area contributed by atoms with Gasteiger partial charge in [-0.15, -0.1) is 4.28 Å². The molecule has 5 N–H and O–H groups in total. The average molecular weight is 381 g/mol. The minimum atomic E-state index is -4.85. The number of piperidine rings is 1. The molecule has 2 aliphatic heterocycles. The van der Waals surface area contributed by atoms with Gasteiger partial charge in [0.25, 0.3) is 11.8 Å². The maximum Gasteiger partial charge on any atom is 0.418 e. The number of rotatable bonds is 7. The SMILES string of the molecule is NCCOCC(=O)NNC(=O)C1CC[C@@H]2CN1C(=O)N2OS(=O)(=O)O. The zero-order chi connectivity index (χ0) is 18.6. The summed E-state index contributed by atoms with van der Waals surface area (Å²) in [6.45, 7) is 0.210. The molecule has 2 saturated heterocycles. The fraction of sp³-hybridized carbons (Fsp3) is 0.727. The lowest BCUT2D eigenvalue weighted by molar-refractivity contribution is -0.133. The highest BCUT2D eigenvalue weighted by Crippen LogP contribution is 2.30. The van der Waals surface area contributed by atoms with E-state index >= 15 is 0 Å². The van der Waals surface area contributed by atoms with Crippen LogP contribution in [0.5, 0.6) is 0 Å². The average Bonchev–Trinajstić information content (AvgIpc) is 2.76. The second-order valence-electron chi connectivity index (χ2n) is 5.39. The van der Waals surface area contributed by atoms with Crippen molar-refractivity contribution in [3.8, 4) is 0 Å². The van der Waals surface area contributed by atoms with Crippen LogP contribution >= 0.6 is 0 Å². The van der Waals surface area contributed by atoms with Gasteiger partial charge in [-0.05, 0) is 12.8 Å². The normalized spacial score (nSPS) is 22.9. The van der Waals surface area contributed by atoms with Crippen LogP contribution in [0, 0.1) is 0 Å². The Balaban J connectivity index is 1.88. The summed E-state index contributed by atoms with van der Waals surface area (Å²) in [4.78, 5) is 36.8. The molecule has 0 saturated carbocycles. The third kappa shape index (κ3) is 4.99. The van der Waals surface area contributed by atoms with Crippen molar-refractivity contribution in [2.24, 2.45) is 5.73 Å². The Bertz CT molecular complexity index is 640. The molecular formula is C11H19N5O8S. The molecule has 14 heteroatoms. The van der Waals surface area contributed by atoms with Crippen LogP contribution in [-0.4, -0.2) is 79.2 Å². The Labute approximate surface area is 143 Å². The predicted octanol–water partition coefficient (Wildman–Crippen LogP) is -2.89. The molecule has 2 aliphatic rings. The smallest absolute Gasteiger partial charge is 0.370 e. The van der Waals surface area contributed by atoms with Gasteiger partial charge in [0.05, 0.1) is 12.6 Å². The van der Waals surface area contributed by atoms with Crippen LogP contribution in [0.1, 0.15) is 12.8 Å². The molecule has 2 bridgehead atoms. The van der Waals surface area contributed by atoms with E-state index in [1.165, 1.54) is 0 Å². The summed E-state index contributed by atoms with van der Waals surface area (Å²) in [6, 6.07) is -2.38. The van der Waals surface area contributed by atoms with Gasteiger partial charge in [-0.1, -0.05) is 0 Å². The number of urea groups is 1. The van der Waals surface area contributed by atoms with Crippen LogP contribution in [-0.2, 0) is 29.0 Å². The highest BCUT2D eigenvalue weighted by Gasteiger charge is 2.49. The Morgan fingerprint density at radius 3 is 2.68 bits per heavy atom. The zero-order valence-corrected chi connectivity index (χ0v) is 13.9. The Hall–Kier alpha value is -2.00. The van der Waals surface area contributed by atoms with Gasteiger partial charge in [-0.3, -0.25) is 25.0 Å². The third-order valence-electron chi connectivity index (χ3n) is 3.62. The summed E-state index contributed by atoms with van der Waals surface area (Å²) in [7, 11) is -4.85. The van der Waals surface area contributed by atoms with Gasteiger partial charge in [-0.25, -0.2) is 4.79 Å². The van der Waals surface area contributed by atoms with E-state index in [2.05, 4.69) is 15.1 Å². The van der Waals surface area contributed by atoms with Crippen LogP contribution in [0.15, 0.2) is 0 Å². The summed E-state index contributed by atoms with van der Waals surface area (Å²) in [5.74, 6) is -1.24. The van der Waals surface area contributed by atoms with Crippen molar-refractivity contribution in [3.63, 3.8) is 0 Å². The van der Waals surface area contributed by atoms with E-state index < -0.39 is 40.3 Å². The molecule has 142 valence electrons. The van der Waals surface area contributed by atoms with E-state index in [9.17, 15) is 22.8 Å². The summed E-state index contributed by atoms with van der Waals surface area (Å²) in [6.07, 6.45) is 0.510. The lowest BCUT2D eigenvalue weighted by Crippen LogP contribution is -2.54. The van der Waals surface area contributed by atoms with Crippen molar-refractivity contribution in [3.05, 3.63) is 0 Å². The molecule has 0 aromatic carbocycles. The molecule has 2 heterocycles. The number of hydroxylamine groups is 2. The molecule has 0 aromatic rings. The molecular weight excluding hydrogens is 362 g/mol. The first-order valence-electron chi connectivity index (χ1n) is 7.36. The number of hydrogen-bond donors (Lipinski definition) is 4. The lowest BCUT2D eigenvalue weighted by atomic mass is 10.0. The van der Waals surface area contributed by atoms with E-state index in [0.29, 0.717) is 5.06 Å². The Morgan fingerprint density at radius 2 is 2.04 bits per heavy atom. The largest absolute Gasteiger partial charge is 0.418 e. The predicted molar refractivity (Wildman–Crippen MR) is 79.5 cm³/mol. The van der Waals surface area contributed by atoms with Crippen molar-refractivity contribution in [1.82, 2.24) is 20.8 Å². The number of carbonyl (C=O) groups is 3. The van der Waals surface area contributed by atoms with Crippen LogP contribution in [0.25, 0.3) is 0 Å². The molecule has 13 nitrogen and oxygen atoms in total. The van der Waals surface area contributed by atoms with Gasteiger partial charge in [0.2, 0.25) is 0 Å². The van der Waals surface area contributed by atoms with Crippen LogP contribution in [0.3, 0.4) is 0 Å². The van der Waals surface area contributed by atoms with Crippen LogP contribution < -0.4 is 16.6 Å². The number of fused-ring (bicyclic) bond motifs is 2. The number of hydrogen-bond acceptors (Lipinski definition) is 8. The van der Waals surface area contributed by atoms with Crippen molar-refractivity contribution in [2.75, 3.05) is 26.3 Å². The van der Waals surface area contributed by atoms with Crippen LogP contribution in [0.4, 0.5) is 4.79 Å². The molecule has 0 radical (unpaired) electrons. The first-order valence-corrected chi connectivity index (χ1v) is 8.73. The molecule has 4 amide bonds. The number of amides is 4. The van der Waals surface area contributed by atoms with Gasteiger partial charge in [0, 0.05) is 13.1 Å². The number of nitrogens with one attached hydrogen (secondary N) is 2. The minimum absolute atomic E-state index is 0.0556. The molecule has 2 fully saturated rings. The van der Waals surface area contributed by atoms with Crippen molar-refractivity contribution >= 4 is 28.2 Å². The maximum atomic E-state index is 12.2. The van der Waals surface area contributed by atoms with E-state index in [4.69, 9.17) is 15.0 Å². The molecule has 1 unspecified atom stereocenters. The van der Waals surface area contributed by atoms with E-state index in [1.807, 2.05) is 0 Å². The summed E-state index contributed by atoms with van der Waals surface area (Å²) >= 11 is 0. The highest BCUT2D eigenvalue weighted by atomic mass is 32.3. The number of carbonyl (C=O) groups excluding carboxylic acids is 3. The molecule has 2 atom stereocenters. The first kappa shape index (κ1) is 19.3. The quantitative estimate of drug-likeness (QED) is 0.204. The van der Waals surface area contributed by atoms with E-state index in [-0.39, 0.29) is 39.1 Å². The Morgan fingerprint density at radius 1 is 1.32 bits per heavy atom. The lowest BCUT2D eigenvalue weighted by Gasteiger charge is -2.29. The summed E-state index contributed by atoms with van der Waals surface area (Å²) in [5.41, 5.74) is 9.51. The van der Waals surface area contributed by atoms with Crippen molar-refractivity contribution < 1.29 is 36.4 Å². The second kappa shape index (κ2) is 7.92. The molecule has 0 spiro atoms. The first-order chi connectivity index (χ1) is 11.7. The molecule has 25 heavy (non-hydrogen) atoms. The number of hydrazine groups is 1. The van der Waals surface area contributed by atoms with E-state index in [0.717, 1.165) is 4.90 Å². The topological polar surface area (TPSA) is 181 Å². The van der Waals surface area contributed by atoms with Gasteiger partial charge in [0.15, 0.2) is 0 Å². The summed E-state index contributed by atoms with van der Waals surface area (Å²) in [5, 5.41) is 0.530. The number of nitrogens with two attached hydrogens (primary N) is 1. The fourth-order valence-electron chi connectivity index (χ4n) is 2.60. The summed E-state index contributed by atoms with van der Waals surface area (Å²) < 4.78 is 39.4. The zero-order valence-electron chi connectivity index (χ0n) is 13.1. The van der Waals surface area contributed by atoms with Gasteiger partial charge in [-0.2, -0.15) is 13.5 Å². The minimum Gasteiger partial charge on any atom is -0.370 e. The fourth-order valence-corrected chi connectivity index (χ4v) is 2.99. The molecule has 0 aromatic heterocycles. The van der Waals surface area contributed by atoms with E-state index in [1.54, 1.807) is 0 Å². The number of nitrogens with zero attached hydrogens (tertiary/aromatic N) is 2. The molecule has 2 rings (SSSR count). The van der Waals surface area contributed by atoms with Gasteiger partial charge < -0.3 is 15.4 Å². The van der Waals surface area contributed by atoms with Gasteiger partial charge >= 0.3 is 16.4 Å². The Kier molecular flexibility index (Phi) is 6.12. The molecule has 0 aliphatic carbocycles. The number of ether oxygens (including phenoxy) is 1. The second-order valence-corrected chi connectivity index (χ2v) is 6.39. The van der Waals surface area contributed by atoms with Gasteiger partial charge in [0.1, 0.15) is 12.6 Å². The van der Waals surface area contributed by atoms with Crippen molar-refractivity contribution in [2.45, 2.75) is 24.9 Å². The monoisotopic (exact) mass is 381 g/mol. The third-order valence-corrected chi connectivity index (χ3v) is 3.97. The highest BCUT2D eigenvalue weighted by molar-refractivity contribution is 7.80. The maximum absolute atomic E-state index is 12.2.